The van der Waals surface area contributed by atoms with Crippen LogP contribution in [0.4, 0.5) is 0 Å². The zero-order valence-corrected chi connectivity index (χ0v) is 23.9. The monoisotopic (exact) mass is 566 g/mol. The average molecular weight is 567 g/mol. The van der Waals surface area contributed by atoms with Gasteiger partial charge in [-0.1, -0.05) is 42.8 Å². The van der Waals surface area contributed by atoms with Crippen LogP contribution in [0.25, 0.3) is 28.5 Å². The number of hydrogen-bond donors (Lipinski definition) is 1. The Morgan fingerprint density at radius 1 is 1.12 bits per heavy atom. The first-order chi connectivity index (χ1) is 20.0. The molecule has 0 radical (unpaired) electrons. The van der Waals surface area contributed by atoms with E-state index in [2.05, 4.69) is 33.3 Å². The van der Waals surface area contributed by atoms with E-state index in [1.54, 1.807) is 29.4 Å². The molecule has 0 bridgehead atoms. The van der Waals surface area contributed by atoms with Gasteiger partial charge in [0.05, 0.1) is 30.6 Å². The van der Waals surface area contributed by atoms with Crippen LogP contribution in [0.3, 0.4) is 0 Å². The molecule has 5 heterocycles. The van der Waals surface area contributed by atoms with Crippen LogP contribution in [0.15, 0.2) is 82.4 Å². The Hall–Kier alpha value is -4.14. The summed E-state index contributed by atoms with van der Waals surface area (Å²) in [6.45, 7) is 5.76. The molecule has 2 aliphatic rings. The molecule has 1 atom stereocenters. The van der Waals surface area contributed by atoms with Gasteiger partial charge in [0, 0.05) is 58.3 Å². The van der Waals surface area contributed by atoms with Crippen LogP contribution in [0.1, 0.15) is 37.4 Å². The van der Waals surface area contributed by atoms with Crippen molar-refractivity contribution in [3.8, 4) is 22.4 Å². The summed E-state index contributed by atoms with van der Waals surface area (Å²) in [5.74, 6) is 0.826. The fourth-order valence-electron chi connectivity index (χ4n) is 5.34. The van der Waals surface area contributed by atoms with Crippen LogP contribution in [-0.2, 0) is 11.3 Å². The molecule has 0 amide bonds. The molecule has 1 saturated heterocycles. The summed E-state index contributed by atoms with van der Waals surface area (Å²) in [6.07, 6.45) is 11.5. The van der Waals surface area contributed by atoms with Crippen molar-refractivity contribution in [2.45, 2.75) is 45.7 Å². The molecule has 0 saturated carbocycles. The van der Waals surface area contributed by atoms with Gasteiger partial charge < -0.3 is 10.1 Å². The number of benzene rings is 1. The number of nitrogens with zero attached hydrogens (tertiary/aromatic N) is 5. The van der Waals surface area contributed by atoms with E-state index in [0.29, 0.717) is 34.8 Å². The summed E-state index contributed by atoms with van der Waals surface area (Å²) in [5, 5.41) is 4.96. The minimum atomic E-state index is -0.168. The van der Waals surface area contributed by atoms with Gasteiger partial charge in [0.25, 0.3) is 5.56 Å². The Morgan fingerprint density at radius 3 is 2.73 bits per heavy atom. The summed E-state index contributed by atoms with van der Waals surface area (Å²) >= 11 is 6.86. The average Bonchev–Trinajstić information content (AvgIpc) is 3.43. The normalized spacial score (nSPS) is 16.5. The molecule has 208 valence electrons. The number of pyridine rings is 2. The lowest BCUT2D eigenvalue weighted by molar-refractivity contribution is 0.191. The Bertz CT molecular complexity index is 1810. The number of allylic oxidation sites excluding steroid dienone is 1. The van der Waals surface area contributed by atoms with Crippen molar-refractivity contribution in [2.75, 3.05) is 13.2 Å². The topological polar surface area (TPSA) is 94.3 Å². The molecule has 0 aliphatic carbocycles. The SMILES string of the molecule is CCC1=C(NC2CCOC2)N=c2c(cc(-c3ccc(-c4nccnc4C)cc3Cl)c(=O)n2Cc2cccnc2)=CC1. The van der Waals surface area contributed by atoms with Crippen LogP contribution >= 0.6 is 11.6 Å². The van der Waals surface area contributed by atoms with Crippen molar-refractivity contribution in [1.29, 1.82) is 0 Å². The number of aryl methyl sites for hydroxylation is 1. The van der Waals surface area contributed by atoms with Gasteiger partial charge in [-0.05, 0) is 55.5 Å². The summed E-state index contributed by atoms with van der Waals surface area (Å²) < 4.78 is 7.33. The lowest BCUT2D eigenvalue weighted by Crippen LogP contribution is -2.45. The molecule has 3 aromatic heterocycles. The van der Waals surface area contributed by atoms with Crippen LogP contribution < -0.4 is 21.6 Å². The van der Waals surface area contributed by atoms with Crippen LogP contribution in [0.5, 0.6) is 0 Å². The van der Waals surface area contributed by atoms with Gasteiger partial charge in [-0.2, -0.15) is 0 Å². The first-order valence-corrected chi connectivity index (χ1v) is 14.3. The molecule has 41 heavy (non-hydrogen) atoms. The number of fused-ring (bicyclic) bond motifs is 1. The zero-order valence-electron chi connectivity index (χ0n) is 23.1. The van der Waals surface area contributed by atoms with Crippen molar-refractivity contribution < 1.29 is 4.74 Å². The Balaban J connectivity index is 1.52. The molecular formula is C32H31ClN6O2. The number of nitrogens with one attached hydrogen (secondary N) is 1. The van der Waals surface area contributed by atoms with Crippen LogP contribution in [-0.4, -0.2) is 38.8 Å². The Morgan fingerprint density at radius 2 is 2.00 bits per heavy atom. The standard InChI is InChI=1S/C32H31ClN6O2/c1-3-22-6-7-24-15-27(26-9-8-23(16-28(26)33)29-20(2)35-12-13-36-29)32(40)39(18-21-5-4-11-34-17-21)31(24)38-30(22)37-25-10-14-41-19-25/h4-5,7-9,11-13,15-17,25,37H,3,6,10,14,18-19H2,1-2H3. The van der Waals surface area contributed by atoms with Crippen molar-refractivity contribution in [2.24, 2.45) is 4.99 Å². The fraction of sp³-hybridized carbons (Fsp3) is 0.281. The molecule has 1 N–H and O–H groups in total. The van der Waals surface area contributed by atoms with E-state index in [9.17, 15) is 4.79 Å². The third-order valence-corrected chi connectivity index (χ3v) is 7.90. The van der Waals surface area contributed by atoms with Crippen molar-refractivity contribution in [3.63, 3.8) is 0 Å². The minimum Gasteiger partial charge on any atom is -0.379 e. The summed E-state index contributed by atoms with van der Waals surface area (Å²) in [5.41, 5.74) is 6.15. The Labute approximate surface area is 243 Å². The van der Waals surface area contributed by atoms with Crippen molar-refractivity contribution in [3.05, 3.63) is 110 Å². The lowest BCUT2D eigenvalue weighted by atomic mass is 10.0. The first kappa shape index (κ1) is 27.1. The van der Waals surface area contributed by atoms with Gasteiger partial charge in [0.15, 0.2) is 0 Å². The van der Waals surface area contributed by atoms with Gasteiger partial charge >= 0.3 is 0 Å². The predicted molar refractivity (Wildman–Crippen MR) is 160 cm³/mol. The van der Waals surface area contributed by atoms with E-state index >= 15 is 0 Å². The molecule has 1 fully saturated rings. The highest BCUT2D eigenvalue weighted by molar-refractivity contribution is 6.33. The molecule has 1 unspecified atom stereocenters. The smallest absolute Gasteiger partial charge is 0.260 e. The molecule has 6 rings (SSSR count). The van der Waals surface area contributed by atoms with E-state index in [1.807, 2.05) is 43.3 Å². The summed E-state index contributed by atoms with van der Waals surface area (Å²) in [7, 11) is 0. The number of halogens is 1. The second-order valence-electron chi connectivity index (χ2n) is 10.3. The largest absolute Gasteiger partial charge is 0.379 e. The number of aromatic nitrogens is 4. The van der Waals surface area contributed by atoms with Crippen LogP contribution in [0, 0.1) is 6.92 Å². The highest BCUT2D eigenvalue weighted by Crippen LogP contribution is 2.30. The summed E-state index contributed by atoms with van der Waals surface area (Å²) in [4.78, 5) is 32.4. The van der Waals surface area contributed by atoms with Gasteiger partial charge in [-0.25, -0.2) is 4.99 Å². The molecule has 8 nitrogen and oxygen atoms in total. The maximum Gasteiger partial charge on any atom is 0.260 e. The van der Waals surface area contributed by atoms with E-state index in [0.717, 1.165) is 59.4 Å². The molecular weight excluding hydrogens is 536 g/mol. The van der Waals surface area contributed by atoms with E-state index < -0.39 is 0 Å². The third kappa shape index (κ3) is 5.58. The molecule has 2 aliphatic heterocycles. The second kappa shape index (κ2) is 11.8. The molecule has 4 aromatic rings. The fourth-order valence-corrected chi connectivity index (χ4v) is 5.62. The van der Waals surface area contributed by atoms with Crippen LogP contribution in [0.2, 0.25) is 5.02 Å². The van der Waals surface area contributed by atoms with Crippen molar-refractivity contribution >= 4 is 17.7 Å². The molecule has 1 aromatic carbocycles. The number of hydrogen-bond acceptors (Lipinski definition) is 7. The second-order valence-corrected chi connectivity index (χ2v) is 10.7. The van der Waals surface area contributed by atoms with Gasteiger partial charge in [-0.15, -0.1) is 0 Å². The van der Waals surface area contributed by atoms with Gasteiger partial charge in [0.2, 0.25) is 0 Å². The van der Waals surface area contributed by atoms with Gasteiger partial charge in [0.1, 0.15) is 11.3 Å². The Kier molecular flexibility index (Phi) is 7.76. The number of rotatable bonds is 7. The number of ether oxygens (including phenoxy) is 1. The maximum atomic E-state index is 14.3. The first-order valence-electron chi connectivity index (χ1n) is 13.9. The highest BCUT2D eigenvalue weighted by atomic mass is 35.5. The third-order valence-electron chi connectivity index (χ3n) is 7.58. The van der Waals surface area contributed by atoms with E-state index in [-0.39, 0.29) is 11.6 Å². The van der Waals surface area contributed by atoms with E-state index in [4.69, 9.17) is 21.3 Å². The predicted octanol–water partition coefficient (Wildman–Crippen LogP) is 4.18. The maximum absolute atomic E-state index is 14.3. The summed E-state index contributed by atoms with van der Waals surface area (Å²) in [6, 6.07) is 11.6. The van der Waals surface area contributed by atoms with E-state index in [1.165, 1.54) is 5.57 Å². The zero-order chi connectivity index (χ0) is 28.3. The molecule has 0 spiro atoms. The van der Waals surface area contributed by atoms with Gasteiger partial charge in [-0.3, -0.25) is 24.3 Å². The lowest BCUT2D eigenvalue weighted by Gasteiger charge is -2.16. The quantitative estimate of drug-likeness (QED) is 0.361. The minimum absolute atomic E-state index is 0.168. The van der Waals surface area contributed by atoms with Crippen molar-refractivity contribution in [1.82, 2.24) is 24.8 Å². The highest BCUT2D eigenvalue weighted by Gasteiger charge is 2.20. The molecule has 9 heteroatoms.